The van der Waals surface area contributed by atoms with Gasteiger partial charge in [-0.1, -0.05) is 0 Å². The molecule has 0 saturated carbocycles. The third-order valence-corrected chi connectivity index (χ3v) is 0.105. The number of amides is 1. The van der Waals surface area contributed by atoms with E-state index in [9.17, 15) is 0 Å². The van der Waals surface area contributed by atoms with Crippen LogP contribution in [0.15, 0.2) is 0 Å². The molecule has 0 unspecified atom stereocenters. The fourth-order valence-electron chi connectivity index (χ4n) is 0. The second-order valence-corrected chi connectivity index (χ2v) is 0.364. The summed E-state index contributed by atoms with van der Waals surface area (Å²) < 4.78 is 0. The van der Waals surface area contributed by atoms with Crippen molar-refractivity contribution >= 4 is 6.41 Å². The van der Waals surface area contributed by atoms with Crippen LogP contribution >= 0.6 is 0 Å². The Hall–Kier alpha value is 0.184. The van der Waals surface area contributed by atoms with Gasteiger partial charge >= 0.3 is 0 Å². The fraction of sp³-hybridized carbons (Fsp3) is 0.500. The molecular weight excluding hydrogens is 102 g/mol. The zero-order valence-corrected chi connectivity index (χ0v) is 4.49. The average Bonchev–Trinajstić information content (AvgIpc) is 1.37. The van der Waals surface area contributed by atoms with Crippen LogP contribution in [0.3, 0.4) is 0 Å². The average molecular weight is 106 g/mol. The van der Waals surface area contributed by atoms with Crippen LogP contribution in [0, 0.1) is 0 Å². The molecule has 28 valence electrons. The molecule has 1 amide bonds. The molecule has 3 heteroatoms. The molecule has 0 aliphatic carbocycles. The van der Waals surface area contributed by atoms with Crippen LogP contribution < -0.4 is 0 Å². The maximum atomic E-state index is 9.01. The first-order valence-corrected chi connectivity index (χ1v) is 0.941. The van der Waals surface area contributed by atoms with Crippen molar-refractivity contribution < 1.29 is 26.5 Å². The summed E-state index contributed by atoms with van der Waals surface area (Å²) in [6, 6.07) is 0. The summed E-state index contributed by atoms with van der Waals surface area (Å²) in [6.07, 6.45) is 0.500. The van der Waals surface area contributed by atoms with Gasteiger partial charge in [0.15, 0.2) is 0 Å². The van der Waals surface area contributed by atoms with E-state index in [1.165, 1.54) is 7.05 Å². The number of carbonyl (C=O) groups excluding carboxylic acids is 1. The van der Waals surface area contributed by atoms with Crippen molar-refractivity contribution in [2.24, 2.45) is 0 Å². The minimum Gasteiger partial charge on any atom is -0.659 e. The summed E-state index contributed by atoms with van der Waals surface area (Å²) in [6.45, 7) is 0. The molecule has 0 aliphatic rings. The van der Waals surface area contributed by atoms with Gasteiger partial charge in [-0.3, -0.25) is 0 Å². The zero-order valence-electron chi connectivity index (χ0n) is 2.93. The summed E-state index contributed by atoms with van der Waals surface area (Å²) in [7, 11) is 1.44. The second kappa shape index (κ2) is 8.89. The van der Waals surface area contributed by atoms with Gasteiger partial charge in [0.05, 0.1) is 0 Å². The number of nitrogens with zero attached hydrogens (tertiary/aromatic N) is 1. The number of rotatable bonds is 1. The number of hydrogen-bond donors (Lipinski definition) is 0. The topological polar surface area (TPSA) is 31.2 Å². The van der Waals surface area contributed by atoms with Gasteiger partial charge in [-0.25, -0.2) is 0 Å². The standard InChI is InChI=1S/C2H5NO.Ti/c1-3-2-4;/h2H,1H3,(H,3,4);/p-1. The van der Waals surface area contributed by atoms with E-state index in [2.05, 4.69) is 5.32 Å². The van der Waals surface area contributed by atoms with E-state index in [4.69, 9.17) is 4.79 Å². The molecule has 0 aromatic heterocycles. The third-order valence-electron chi connectivity index (χ3n) is 0.105. The van der Waals surface area contributed by atoms with E-state index in [0.29, 0.717) is 6.41 Å². The van der Waals surface area contributed by atoms with E-state index in [1.54, 1.807) is 0 Å². The van der Waals surface area contributed by atoms with E-state index < -0.39 is 0 Å². The van der Waals surface area contributed by atoms with Crippen molar-refractivity contribution in [3.05, 3.63) is 5.32 Å². The van der Waals surface area contributed by atoms with Crippen molar-refractivity contribution in [1.82, 2.24) is 0 Å². The molecule has 0 aromatic carbocycles. The molecule has 0 saturated heterocycles. The number of hydrogen-bond acceptors (Lipinski definition) is 1. The molecule has 0 fully saturated rings. The summed E-state index contributed by atoms with van der Waals surface area (Å²) in [5.41, 5.74) is 0. The molecule has 0 heterocycles. The molecule has 0 bridgehead atoms. The van der Waals surface area contributed by atoms with E-state index in [-0.39, 0.29) is 21.7 Å². The first-order chi connectivity index (χ1) is 1.91. The maximum Gasteiger partial charge on any atom is 0.0366 e. The Morgan fingerprint density at radius 1 is 1.80 bits per heavy atom. The summed E-state index contributed by atoms with van der Waals surface area (Å²) in [5, 5.41) is 3.06. The summed E-state index contributed by atoms with van der Waals surface area (Å²) in [4.78, 5) is 9.01. The normalized spacial score (nSPS) is 4.20. The van der Waals surface area contributed by atoms with Crippen molar-refractivity contribution in [3.63, 3.8) is 0 Å². The van der Waals surface area contributed by atoms with Gasteiger partial charge in [0.25, 0.3) is 0 Å². The molecule has 0 rings (SSSR count). The molecule has 0 spiro atoms. The molecule has 0 radical (unpaired) electrons. The van der Waals surface area contributed by atoms with Crippen molar-refractivity contribution in [1.29, 1.82) is 0 Å². The Bertz CT molecular complexity index is 23.6. The van der Waals surface area contributed by atoms with E-state index in [1.807, 2.05) is 0 Å². The van der Waals surface area contributed by atoms with Crippen molar-refractivity contribution in [2.45, 2.75) is 0 Å². The quantitative estimate of drug-likeness (QED) is 0.345. The van der Waals surface area contributed by atoms with Gasteiger partial charge in [0, 0.05) is 28.1 Å². The molecule has 0 aliphatic heterocycles. The minimum absolute atomic E-state index is 0. The van der Waals surface area contributed by atoms with Crippen LogP contribution in [0.2, 0.25) is 0 Å². The van der Waals surface area contributed by atoms with Gasteiger partial charge in [0.2, 0.25) is 0 Å². The molecule has 2 nitrogen and oxygen atoms in total. The smallest absolute Gasteiger partial charge is 0.0366 e. The van der Waals surface area contributed by atoms with Gasteiger partial charge in [-0.05, 0) is 0 Å². The van der Waals surface area contributed by atoms with Crippen LogP contribution in [-0.4, -0.2) is 13.5 Å². The Morgan fingerprint density at radius 3 is 2.00 bits per heavy atom. The van der Waals surface area contributed by atoms with Crippen LogP contribution in [-0.2, 0) is 26.5 Å². The molecule has 5 heavy (non-hydrogen) atoms. The van der Waals surface area contributed by atoms with Gasteiger partial charge < -0.3 is 10.1 Å². The minimum atomic E-state index is 0. The Morgan fingerprint density at radius 2 is 2.00 bits per heavy atom. The van der Waals surface area contributed by atoms with Crippen LogP contribution in [0.25, 0.3) is 5.32 Å². The molecular formula is C2H4NOTi-. The second-order valence-electron chi connectivity index (χ2n) is 0.364. The van der Waals surface area contributed by atoms with Crippen LogP contribution in [0.4, 0.5) is 0 Å². The number of carbonyl (C=O) groups is 1. The Kier molecular flexibility index (Phi) is 15.9. The van der Waals surface area contributed by atoms with Crippen molar-refractivity contribution in [3.8, 4) is 0 Å². The predicted octanol–water partition coefficient (Wildman–Crippen LogP) is 0.144. The Labute approximate surface area is 45.8 Å². The van der Waals surface area contributed by atoms with E-state index >= 15 is 0 Å². The van der Waals surface area contributed by atoms with E-state index in [0.717, 1.165) is 0 Å². The summed E-state index contributed by atoms with van der Waals surface area (Å²) in [5.74, 6) is 0. The van der Waals surface area contributed by atoms with Gasteiger partial charge in [-0.2, -0.15) is 0 Å². The first-order valence-electron chi connectivity index (χ1n) is 0.941. The van der Waals surface area contributed by atoms with Crippen LogP contribution in [0.5, 0.6) is 0 Å². The van der Waals surface area contributed by atoms with Gasteiger partial charge in [-0.15, -0.1) is 7.05 Å². The monoisotopic (exact) mass is 106 g/mol. The molecule has 0 N–H and O–H groups in total. The van der Waals surface area contributed by atoms with Crippen LogP contribution in [0.1, 0.15) is 0 Å². The first kappa shape index (κ1) is 8.95. The largest absolute Gasteiger partial charge is 0.659 e. The SMILES string of the molecule is C[N-]C=O.[Ti]. The molecule has 0 aromatic rings. The van der Waals surface area contributed by atoms with Gasteiger partial charge in [0.1, 0.15) is 0 Å². The zero-order chi connectivity index (χ0) is 3.41. The maximum absolute atomic E-state index is 9.01. The predicted molar refractivity (Wildman–Crippen MR) is 15.3 cm³/mol. The fourth-order valence-corrected chi connectivity index (χ4v) is 0. The molecule has 0 atom stereocenters. The Balaban J connectivity index is 0. The summed E-state index contributed by atoms with van der Waals surface area (Å²) >= 11 is 0. The van der Waals surface area contributed by atoms with Crippen molar-refractivity contribution in [2.75, 3.05) is 7.05 Å². The third kappa shape index (κ3) is 14.2.